The van der Waals surface area contributed by atoms with Crippen molar-refractivity contribution in [3.8, 4) is 0 Å². The van der Waals surface area contributed by atoms with E-state index >= 15 is 0 Å². The fourth-order valence-electron chi connectivity index (χ4n) is 2.25. The van der Waals surface area contributed by atoms with Crippen LogP contribution in [0.1, 0.15) is 43.0 Å². The number of rotatable bonds is 15. The van der Waals surface area contributed by atoms with Gasteiger partial charge in [0, 0.05) is 43.1 Å². The summed E-state index contributed by atoms with van der Waals surface area (Å²) in [5.41, 5.74) is 0.809. The predicted octanol–water partition coefficient (Wildman–Crippen LogP) is 4.90. The van der Waals surface area contributed by atoms with E-state index in [4.69, 9.17) is 0 Å². The molecule has 0 heterocycles. The Hall–Kier alpha value is -0.750. The molecule has 0 radical (unpaired) electrons. The number of ketones is 1. The molecule has 2 N–H and O–H groups in total. The highest BCUT2D eigenvalue weighted by atomic mass is 32.2. The number of nitrogens with one attached hydrogen (secondary N) is 2. The first kappa shape index (κ1) is 26.2. The smallest absolute Gasteiger partial charge is 0.164 e. The molecule has 0 fully saturated rings. The largest absolute Gasteiger partial charge is 0.316 e. The summed E-state index contributed by atoms with van der Waals surface area (Å²) in [4.78, 5) is 11.6. The van der Waals surface area contributed by atoms with Crippen molar-refractivity contribution in [2.45, 2.75) is 32.6 Å². The van der Waals surface area contributed by atoms with E-state index in [1.54, 1.807) is 0 Å². The Balaban J connectivity index is 0.000000516. The van der Waals surface area contributed by atoms with Gasteiger partial charge in [0.15, 0.2) is 5.78 Å². The van der Waals surface area contributed by atoms with Crippen LogP contribution >= 0.6 is 23.5 Å². The molecule has 0 unspecified atom stereocenters. The predicted molar refractivity (Wildman–Crippen MR) is 127 cm³/mol. The van der Waals surface area contributed by atoms with Gasteiger partial charge in [-0.25, -0.2) is 0 Å². The summed E-state index contributed by atoms with van der Waals surface area (Å²) in [6.45, 7) is 6.16. The van der Waals surface area contributed by atoms with Crippen LogP contribution in [0.15, 0.2) is 42.5 Å². The summed E-state index contributed by atoms with van der Waals surface area (Å²) >= 11 is 3.71. The van der Waals surface area contributed by atoms with Crippen LogP contribution in [0.2, 0.25) is 0 Å². The Kier molecular flexibility index (Phi) is 21.0. The standard InChI is InChI=1S/C12H17NOS.C10H21NS/c1-15-10-9-13-8-7-12(14)11-5-3-2-4-6-11;1-3-4-5-6-7-8-11-9-10-12-2/h2-6,13H,7-10H2,1H3;3-4,11H,5-10H2,1-2H3/b;4-3-. The average molecular weight is 411 g/mol. The quantitative estimate of drug-likeness (QED) is 0.245. The van der Waals surface area contributed by atoms with Gasteiger partial charge in [-0.3, -0.25) is 4.79 Å². The Morgan fingerprint density at radius 3 is 2.15 bits per heavy atom. The molecule has 0 amide bonds. The molecule has 0 bridgehead atoms. The maximum atomic E-state index is 11.6. The fraction of sp³-hybridized carbons (Fsp3) is 0.591. The summed E-state index contributed by atoms with van der Waals surface area (Å²) in [6, 6.07) is 9.45. The minimum atomic E-state index is 0.215. The third kappa shape index (κ3) is 18.4. The second-order valence-corrected chi connectivity index (χ2v) is 8.06. The maximum Gasteiger partial charge on any atom is 0.164 e. The van der Waals surface area contributed by atoms with Crippen molar-refractivity contribution in [3.05, 3.63) is 48.0 Å². The third-order valence-electron chi connectivity index (χ3n) is 3.80. The molecule has 5 heteroatoms. The van der Waals surface area contributed by atoms with E-state index in [2.05, 4.69) is 42.2 Å². The molecule has 1 rings (SSSR count). The van der Waals surface area contributed by atoms with Gasteiger partial charge in [0.2, 0.25) is 0 Å². The highest BCUT2D eigenvalue weighted by Gasteiger charge is 2.03. The molecule has 1 aromatic carbocycles. The Bertz CT molecular complexity index is 467. The summed E-state index contributed by atoms with van der Waals surface area (Å²) in [5.74, 6) is 2.54. The molecule has 0 aliphatic carbocycles. The topological polar surface area (TPSA) is 41.1 Å². The molecular formula is C22H38N2OS2. The SMILES string of the molecule is C/C=C\CCCCNCCSC.CSCCNCCC(=O)c1ccccc1. The number of allylic oxidation sites excluding steroid dienone is 2. The minimum absolute atomic E-state index is 0.215. The van der Waals surface area contributed by atoms with Crippen molar-refractivity contribution < 1.29 is 4.79 Å². The van der Waals surface area contributed by atoms with Gasteiger partial charge in [0.1, 0.15) is 0 Å². The summed E-state index contributed by atoms with van der Waals surface area (Å²) in [5, 5.41) is 6.66. The van der Waals surface area contributed by atoms with Crippen molar-refractivity contribution in [2.24, 2.45) is 0 Å². The van der Waals surface area contributed by atoms with Crippen LogP contribution in [-0.2, 0) is 0 Å². The van der Waals surface area contributed by atoms with Crippen LogP contribution in [0, 0.1) is 0 Å². The molecule has 0 saturated heterocycles. The number of carbonyl (C=O) groups is 1. The first-order chi connectivity index (χ1) is 13.3. The first-order valence-electron chi connectivity index (χ1n) is 9.85. The maximum absolute atomic E-state index is 11.6. The van der Waals surface area contributed by atoms with Crippen LogP contribution in [0.3, 0.4) is 0 Å². The second-order valence-electron chi connectivity index (χ2n) is 6.09. The van der Waals surface area contributed by atoms with Gasteiger partial charge in [-0.2, -0.15) is 23.5 Å². The van der Waals surface area contributed by atoms with E-state index in [9.17, 15) is 4.79 Å². The zero-order valence-electron chi connectivity index (χ0n) is 17.3. The average Bonchev–Trinajstić information content (AvgIpc) is 2.71. The van der Waals surface area contributed by atoms with Gasteiger partial charge in [-0.15, -0.1) is 0 Å². The van der Waals surface area contributed by atoms with Crippen LogP contribution in [0.5, 0.6) is 0 Å². The van der Waals surface area contributed by atoms with E-state index in [-0.39, 0.29) is 5.78 Å². The van der Waals surface area contributed by atoms with Gasteiger partial charge in [-0.1, -0.05) is 42.5 Å². The van der Waals surface area contributed by atoms with Gasteiger partial charge in [0.05, 0.1) is 0 Å². The summed E-state index contributed by atoms with van der Waals surface area (Å²) in [7, 11) is 0. The van der Waals surface area contributed by atoms with Crippen LogP contribution < -0.4 is 10.6 Å². The molecule has 3 nitrogen and oxygen atoms in total. The normalized spacial score (nSPS) is 10.6. The first-order valence-corrected chi connectivity index (χ1v) is 12.6. The molecule has 0 atom stereocenters. The van der Waals surface area contributed by atoms with E-state index in [0.717, 1.165) is 31.0 Å². The lowest BCUT2D eigenvalue weighted by Crippen LogP contribution is -2.20. The molecule has 27 heavy (non-hydrogen) atoms. The van der Waals surface area contributed by atoms with Crippen molar-refractivity contribution in [3.63, 3.8) is 0 Å². The molecule has 0 saturated carbocycles. The van der Waals surface area contributed by atoms with Crippen LogP contribution in [0.25, 0.3) is 0 Å². The fourth-order valence-corrected chi connectivity index (χ4v) is 2.94. The van der Waals surface area contributed by atoms with Gasteiger partial charge in [0.25, 0.3) is 0 Å². The Labute approximate surface area is 175 Å². The minimum Gasteiger partial charge on any atom is -0.316 e. The Morgan fingerprint density at radius 1 is 0.926 bits per heavy atom. The van der Waals surface area contributed by atoms with Crippen molar-refractivity contribution in [2.75, 3.05) is 50.2 Å². The summed E-state index contributed by atoms with van der Waals surface area (Å²) in [6.07, 6.45) is 13.0. The van der Waals surface area contributed by atoms with E-state index < -0.39 is 0 Å². The molecular weight excluding hydrogens is 372 g/mol. The molecule has 0 aliphatic heterocycles. The molecule has 1 aromatic rings. The number of hydrogen-bond acceptors (Lipinski definition) is 5. The third-order valence-corrected chi connectivity index (χ3v) is 5.03. The number of carbonyl (C=O) groups excluding carboxylic acids is 1. The molecule has 0 aromatic heterocycles. The lowest BCUT2D eigenvalue weighted by atomic mass is 10.1. The Morgan fingerprint density at radius 2 is 1.56 bits per heavy atom. The van der Waals surface area contributed by atoms with Gasteiger partial charge in [-0.05, 0) is 45.2 Å². The van der Waals surface area contributed by atoms with Crippen LogP contribution in [-0.4, -0.2) is 56.0 Å². The molecule has 0 spiro atoms. The zero-order valence-corrected chi connectivity index (χ0v) is 19.0. The number of hydrogen-bond donors (Lipinski definition) is 2. The highest BCUT2D eigenvalue weighted by Crippen LogP contribution is 2.02. The van der Waals surface area contributed by atoms with Gasteiger partial charge < -0.3 is 10.6 Å². The number of Topliss-reactive ketones (excluding diaryl/α,β-unsaturated/α-hetero) is 1. The van der Waals surface area contributed by atoms with Crippen molar-refractivity contribution in [1.82, 2.24) is 10.6 Å². The van der Waals surface area contributed by atoms with Crippen molar-refractivity contribution in [1.29, 1.82) is 0 Å². The van der Waals surface area contributed by atoms with Crippen molar-refractivity contribution >= 4 is 29.3 Å². The zero-order chi connectivity index (χ0) is 20.0. The van der Waals surface area contributed by atoms with Gasteiger partial charge >= 0.3 is 0 Å². The number of thioether (sulfide) groups is 2. The summed E-state index contributed by atoms with van der Waals surface area (Å²) < 4.78 is 0. The lowest BCUT2D eigenvalue weighted by molar-refractivity contribution is 0.0983. The molecule has 0 aliphatic rings. The second kappa shape index (κ2) is 21.5. The number of benzene rings is 1. The van der Waals surface area contributed by atoms with E-state index in [1.807, 2.05) is 53.9 Å². The lowest BCUT2D eigenvalue weighted by Gasteiger charge is -2.03. The monoisotopic (exact) mass is 410 g/mol. The molecule has 154 valence electrons. The van der Waals surface area contributed by atoms with E-state index in [1.165, 1.54) is 31.6 Å². The van der Waals surface area contributed by atoms with E-state index in [0.29, 0.717) is 6.42 Å². The highest BCUT2D eigenvalue weighted by molar-refractivity contribution is 7.98. The number of unbranched alkanes of at least 4 members (excludes halogenated alkanes) is 2. The van der Waals surface area contributed by atoms with Crippen LogP contribution in [0.4, 0.5) is 0 Å².